The molecule has 0 fully saturated rings. The van der Waals surface area contributed by atoms with Crippen molar-refractivity contribution in [3.8, 4) is 22.6 Å². The van der Waals surface area contributed by atoms with Gasteiger partial charge in [0.25, 0.3) is 0 Å². The predicted molar refractivity (Wildman–Crippen MR) is 137 cm³/mol. The van der Waals surface area contributed by atoms with Crippen LogP contribution in [0.15, 0.2) is 66.7 Å². The number of aryl methyl sites for hydroxylation is 1. The molecule has 0 saturated carbocycles. The SMILES string of the molecule is CCCCCc1ccc(-c2ccc(OC(=O)c3ccc(OC(=O)C(Cl)C(C)C)c(F)c3)cc2)cc1. The molecule has 6 heteroatoms. The van der Waals surface area contributed by atoms with Crippen molar-refractivity contribution < 1.29 is 23.5 Å². The minimum atomic E-state index is -0.897. The summed E-state index contributed by atoms with van der Waals surface area (Å²) in [6, 6.07) is 19.1. The lowest BCUT2D eigenvalue weighted by molar-refractivity contribution is -0.134. The fraction of sp³-hybridized carbons (Fsp3) is 0.310. The van der Waals surface area contributed by atoms with Gasteiger partial charge in [0.05, 0.1) is 5.56 Å². The van der Waals surface area contributed by atoms with Gasteiger partial charge in [0.1, 0.15) is 11.1 Å². The summed E-state index contributed by atoms with van der Waals surface area (Å²) in [4.78, 5) is 24.4. The second-order valence-electron chi connectivity index (χ2n) is 8.78. The molecule has 0 heterocycles. The minimum Gasteiger partial charge on any atom is -0.423 e. The first kappa shape index (κ1) is 26.4. The Morgan fingerprint density at radius 1 is 0.886 bits per heavy atom. The van der Waals surface area contributed by atoms with Gasteiger partial charge in [0.2, 0.25) is 0 Å². The third-order valence-corrected chi connectivity index (χ3v) is 6.29. The smallest absolute Gasteiger partial charge is 0.343 e. The maximum Gasteiger partial charge on any atom is 0.343 e. The molecule has 0 amide bonds. The van der Waals surface area contributed by atoms with E-state index in [1.807, 2.05) is 12.1 Å². The van der Waals surface area contributed by atoms with Crippen LogP contribution in [0.4, 0.5) is 4.39 Å². The lowest BCUT2D eigenvalue weighted by atomic mass is 10.0. The summed E-state index contributed by atoms with van der Waals surface area (Å²) in [5, 5.41) is -0.897. The van der Waals surface area contributed by atoms with Crippen LogP contribution < -0.4 is 9.47 Å². The van der Waals surface area contributed by atoms with Crippen molar-refractivity contribution in [1.82, 2.24) is 0 Å². The summed E-state index contributed by atoms with van der Waals surface area (Å²) in [6.45, 7) is 5.71. The van der Waals surface area contributed by atoms with Gasteiger partial charge in [0, 0.05) is 0 Å². The Hall–Kier alpha value is -3.18. The van der Waals surface area contributed by atoms with Crippen LogP contribution in [-0.4, -0.2) is 17.3 Å². The lowest BCUT2D eigenvalue weighted by Crippen LogP contribution is -2.25. The maximum atomic E-state index is 14.4. The molecule has 3 aromatic carbocycles. The van der Waals surface area contributed by atoms with Gasteiger partial charge < -0.3 is 9.47 Å². The molecule has 35 heavy (non-hydrogen) atoms. The van der Waals surface area contributed by atoms with Crippen LogP contribution in [-0.2, 0) is 11.2 Å². The molecule has 1 unspecified atom stereocenters. The number of alkyl halides is 1. The highest BCUT2D eigenvalue weighted by Crippen LogP contribution is 2.25. The molecule has 0 N–H and O–H groups in total. The van der Waals surface area contributed by atoms with Crippen LogP contribution >= 0.6 is 11.6 Å². The summed E-state index contributed by atoms with van der Waals surface area (Å²) < 4.78 is 24.8. The van der Waals surface area contributed by atoms with Crippen LogP contribution in [0.5, 0.6) is 11.5 Å². The first-order valence-electron chi connectivity index (χ1n) is 11.9. The van der Waals surface area contributed by atoms with Crippen molar-refractivity contribution in [2.45, 2.75) is 51.8 Å². The standard InChI is InChI=1S/C29H30ClFO4/c1-4-5-6-7-20-8-10-21(11-9-20)22-12-15-24(16-13-22)34-28(32)23-14-17-26(25(31)18-23)35-29(33)27(30)19(2)3/h8-19,27H,4-7H2,1-3H3. The zero-order valence-corrected chi connectivity index (χ0v) is 21.0. The van der Waals surface area contributed by atoms with Gasteiger partial charge in [-0.3, -0.25) is 4.79 Å². The van der Waals surface area contributed by atoms with Crippen LogP contribution in [0.2, 0.25) is 0 Å². The number of esters is 2. The van der Waals surface area contributed by atoms with E-state index in [1.54, 1.807) is 26.0 Å². The molecule has 0 aromatic heterocycles. The minimum absolute atomic E-state index is 0.00341. The van der Waals surface area contributed by atoms with Crippen molar-refractivity contribution in [2.24, 2.45) is 5.92 Å². The largest absolute Gasteiger partial charge is 0.423 e. The third kappa shape index (κ3) is 7.40. The van der Waals surface area contributed by atoms with Gasteiger partial charge >= 0.3 is 11.9 Å². The van der Waals surface area contributed by atoms with E-state index in [1.165, 1.54) is 37.0 Å². The molecule has 3 rings (SSSR count). The number of halogens is 2. The maximum absolute atomic E-state index is 14.4. The molecule has 0 aliphatic heterocycles. The highest BCUT2D eigenvalue weighted by Gasteiger charge is 2.23. The normalized spacial score (nSPS) is 11.8. The van der Waals surface area contributed by atoms with Crippen molar-refractivity contribution in [2.75, 3.05) is 0 Å². The number of hydrogen-bond donors (Lipinski definition) is 0. The zero-order chi connectivity index (χ0) is 25.4. The summed E-state index contributed by atoms with van der Waals surface area (Å²) in [6.07, 6.45) is 4.72. The van der Waals surface area contributed by atoms with Gasteiger partial charge in [-0.15, -0.1) is 11.6 Å². The zero-order valence-electron chi connectivity index (χ0n) is 20.2. The number of unbranched alkanes of at least 4 members (excludes halogenated alkanes) is 2. The number of carbonyl (C=O) groups excluding carboxylic acids is 2. The van der Waals surface area contributed by atoms with Crippen molar-refractivity contribution in [3.05, 3.63) is 83.7 Å². The first-order valence-corrected chi connectivity index (χ1v) is 12.3. The fourth-order valence-corrected chi connectivity index (χ4v) is 3.52. The summed E-state index contributed by atoms with van der Waals surface area (Å²) >= 11 is 5.95. The molecule has 1 atom stereocenters. The van der Waals surface area contributed by atoms with E-state index in [4.69, 9.17) is 21.1 Å². The average molecular weight is 497 g/mol. The number of hydrogen-bond acceptors (Lipinski definition) is 4. The van der Waals surface area contributed by atoms with Crippen LogP contribution in [0, 0.1) is 11.7 Å². The molecule has 0 spiro atoms. The van der Waals surface area contributed by atoms with E-state index in [2.05, 4.69) is 31.2 Å². The Morgan fingerprint density at radius 2 is 1.51 bits per heavy atom. The Bertz CT molecular complexity index is 1140. The molecule has 0 aliphatic rings. The fourth-order valence-electron chi connectivity index (χ4n) is 3.47. The molecular formula is C29H30ClFO4. The number of benzene rings is 3. The molecule has 184 valence electrons. The number of rotatable bonds is 10. The summed E-state index contributed by atoms with van der Waals surface area (Å²) in [5.74, 6) is -2.44. The molecule has 0 bridgehead atoms. The molecule has 0 aliphatic carbocycles. The van der Waals surface area contributed by atoms with Gasteiger partial charge in [0.15, 0.2) is 11.6 Å². The molecule has 3 aromatic rings. The lowest BCUT2D eigenvalue weighted by Gasteiger charge is -2.13. The Balaban J connectivity index is 1.61. The topological polar surface area (TPSA) is 52.6 Å². The number of carbonyl (C=O) groups is 2. The van der Waals surface area contributed by atoms with Gasteiger partial charge in [-0.1, -0.05) is 70.0 Å². The highest BCUT2D eigenvalue weighted by atomic mass is 35.5. The number of ether oxygens (including phenoxy) is 2. The first-order chi connectivity index (χ1) is 16.8. The van der Waals surface area contributed by atoms with E-state index in [-0.39, 0.29) is 17.2 Å². The quantitative estimate of drug-likeness (QED) is 0.125. The monoisotopic (exact) mass is 496 g/mol. The molecule has 4 nitrogen and oxygen atoms in total. The van der Waals surface area contributed by atoms with Gasteiger partial charge in [-0.2, -0.15) is 0 Å². The third-order valence-electron chi connectivity index (χ3n) is 5.61. The summed E-state index contributed by atoms with van der Waals surface area (Å²) in [7, 11) is 0. The van der Waals surface area contributed by atoms with Crippen molar-refractivity contribution in [3.63, 3.8) is 0 Å². The van der Waals surface area contributed by atoms with Crippen molar-refractivity contribution >= 4 is 23.5 Å². The highest BCUT2D eigenvalue weighted by molar-refractivity contribution is 6.30. The molecule has 0 radical (unpaired) electrons. The summed E-state index contributed by atoms with van der Waals surface area (Å²) in [5.41, 5.74) is 3.39. The van der Waals surface area contributed by atoms with Crippen LogP contribution in [0.25, 0.3) is 11.1 Å². The Morgan fingerprint density at radius 3 is 2.09 bits per heavy atom. The predicted octanol–water partition coefficient (Wildman–Crippen LogP) is 7.61. The Labute approximate surface area is 211 Å². The van der Waals surface area contributed by atoms with Gasteiger partial charge in [-0.05, 0) is 65.8 Å². The van der Waals surface area contributed by atoms with Gasteiger partial charge in [-0.25, -0.2) is 9.18 Å². The van der Waals surface area contributed by atoms with E-state index < -0.39 is 23.1 Å². The van der Waals surface area contributed by atoms with Crippen molar-refractivity contribution in [1.29, 1.82) is 0 Å². The van der Waals surface area contributed by atoms with E-state index in [9.17, 15) is 14.0 Å². The second kappa shape index (κ2) is 12.5. The molecular weight excluding hydrogens is 467 g/mol. The van der Waals surface area contributed by atoms with E-state index >= 15 is 0 Å². The van der Waals surface area contributed by atoms with E-state index in [0.717, 1.165) is 23.6 Å². The average Bonchev–Trinajstić information content (AvgIpc) is 2.85. The molecule has 0 saturated heterocycles. The second-order valence-corrected chi connectivity index (χ2v) is 9.25. The Kier molecular flexibility index (Phi) is 9.44. The van der Waals surface area contributed by atoms with E-state index in [0.29, 0.717) is 5.75 Å². The van der Waals surface area contributed by atoms with Crippen LogP contribution in [0.3, 0.4) is 0 Å². The van der Waals surface area contributed by atoms with Crippen LogP contribution in [0.1, 0.15) is 56.0 Å².